The molecule has 2 atom stereocenters. The Morgan fingerprint density at radius 3 is 2.48 bits per heavy atom. The average Bonchev–Trinajstić information content (AvgIpc) is 3.08. The molecule has 2 unspecified atom stereocenters. The molecule has 0 bridgehead atoms. The minimum absolute atomic E-state index is 0.0770. The van der Waals surface area contributed by atoms with E-state index in [-0.39, 0.29) is 5.91 Å². The van der Waals surface area contributed by atoms with Gasteiger partial charge in [-0.1, -0.05) is 6.92 Å². The van der Waals surface area contributed by atoms with Crippen LogP contribution in [0.1, 0.15) is 46.9 Å². The van der Waals surface area contributed by atoms with Gasteiger partial charge in [0.25, 0.3) is 5.91 Å². The molecule has 0 spiro atoms. The normalized spacial score (nSPS) is 18.3. The highest BCUT2D eigenvalue weighted by molar-refractivity contribution is 5.94. The van der Waals surface area contributed by atoms with Crippen LogP contribution in [0.4, 0.5) is 0 Å². The van der Waals surface area contributed by atoms with Crippen LogP contribution >= 0.6 is 0 Å². The molecule has 0 radical (unpaired) electrons. The van der Waals surface area contributed by atoms with Gasteiger partial charge in [0.2, 0.25) is 0 Å². The number of amides is 1. The third-order valence-corrected chi connectivity index (χ3v) is 5.06. The Bertz CT molecular complexity index is 895. The van der Waals surface area contributed by atoms with Crippen molar-refractivity contribution in [2.24, 2.45) is 5.92 Å². The van der Waals surface area contributed by atoms with Crippen LogP contribution in [-0.2, 0) is 13.1 Å². The smallest absolute Gasteiger partial charge is 0.254 e. The van der Waals surface area contributed by atoms with Crippen LogP contribution in [-0.4, -0.2) is 17.9 Å². The number of ether oxygens (including phenoxy) is 1. The van der Waals surface area contributed by atoms with E-state index in [1.165, 1.54) is 6.42 Å². The molecule has 2 heterocycles. The Morgan fingerprint density at radius 1 is 1.11 bits per heavy atom. The summed E-state index contributed by atoms with van der Waals surface area (Å²) in [6.45, 7) is 3.00. The van der Waals surface area contributed by atoms with E-state index in [1.54, 1.807) is 42.5 Å². The first-order valence-electron chi connectivity index (χ1n) is 9.18. The topological polar surface area (TPSA) is 55.8 Å². The molecule has 4 rings (SSSR count). The number of carbonyl (C=O) groups excluding carboxylic acids is 1. The van der Waals surface area contributed by atoms with Crippen molar-refractivity contribution in [2.45, 2.75) is 32.4 Å². The molecule has 1 amide bonds. The fourth-order valence-electron chi connectivity index (χ4n) is 3.29. The van der Waals surface area contributed by atoms with E-state index in [9.17, 15) is 4.79 Å². The lowest BCUT2D eigenvalue weighted by Crippen LogP contribution is -2.29. The van der Waals surface area contributed by atoms with Gasteiger partial charge in [-0.2, -0.15) is 0 Å². The molecule has 0 saturated heterocycles. The van der Waals surface area contributed by atoms with Crippen molar-refractivity contribution in [1.29, 1.82) is 0 Å². The summed E-state index contributed by atoms with van der Waals surface area (Å²) in [5.74, 6) is 4.40. The molecule has 1 saturated carbocycles. The van der Waals surface area contributed by atoms with E-state index in [0.29, 0.717) is 30.5 Å². The van der Waals surface area contributed by atoms with Gasteiger partial charge in [-0.15, -0.1) is 0 Å². The van der Waals surface area contributed by atoms with Gasteiger partial charge < -0.3 is 18.5 Å². The summed E-state index contributed by atoms with van der Waals surface area (Å²) in [5, 5.41) is 0. The van der Waals surface area contributed by atoms with Crippen molar-refractivity contribution in [3.8, 4) is 5.75 Å². The number of benzene rings is 1. The summed E-state index contributed by atoms with van der Waals surface area (Å²) in [7, 11) is 1.61. The predicted molar refractivity (Wildman–Crippen MR) is 101 cm³/mol. The summed E-state index contributed by atoms with van der Waals surface area (Å²) in [5.41, 5.74) is 0.602. The van der Waals surface area contributed by atoms with Gasteiger partial charge in [-0.25, -0.2) is 0 Å². The minimum atomic E-state index is -0.0770. The maximum Gasteiger partial charge on any atom is 0.254 e. The molecule has 1 aliphatic carbocycles. The molecule has 5 heteroatoms. The molecule has 2 aromatic heterocycles. The summed E-state index contributed by atoms with van der Waals surface area (Å²) < 4.78 is 16.6. The Morgan fingerprint density at radius 2 is 1.85 bits per heavy atom. The highest BCUT2D eigenvalue weighted by Crippen LogP contribution is 2.47. The number of hydrogen-bond acceptors (Lipinski definition) is 4. The first kappa shape index (κ1) is 17.5. The lowest BCUT2D eigenvalue weighted by atomic mass is 10.2. The standard InChI is InChI=1S/C22H23NO4/c1-15-12-20(15)21-10-9-19(27-21)14-23(13-18-4-3-11-26-18)22(24)16-5-7-17(25-2)8-6-16/h3-11,15,20H,12-14H2,1-2H3. The molecule has 1 aliphatic rings. The van der Waals surface area contributed by atoms with Gasteiger partial charge in [0.1, 0.15) is 23.0 Å². The van der Waals surface area contributed by atoms with E-state index >= 15 is 0 Å². The first-order valence-corrected chi connectivity index (χ1v) is 9.18. The molecule has 1 fully saturated rings. The molecule has 0 aliphatic heterocycles. The van der Waals surface area contributed by atoms with Crippen molar-refractivity contribution in [2.75, 3.05) is 7.11 Å². The minimum Gasteiger partial charge on any atom is -0.497 e. The molecule has 5 nitrogen and oxygen atoms in total. The zero-order valence-corrected chi connectivity index (χ0v) is 15.6. The van der Waals surface area contributed by atoms with Gasteiger partial charge in [0.05, 0.1) is 26.5 Å². The number of carbonyl (C=O) groups is 1. The molecular weight excluding hydrogens is 342 g/mol. The lowest BCUT2D eigenvalue weighted by Gasteiger charge is -2.21. The second kappa shape index (κ2) is 7.35. The molecular formula is C22H23NO4. The third-order valence-electron chi connectivity index (χ3n) is 5.06. The Labute approximate surface area is 158 Å². The van der Waals surface area contributed by atoms with Crippen molar-refractivity contribution >= 4 is 5.91 Å². The van der Waals surface area contributed by atoms with Crippen LogP contribution in [0.3, 0.4) is 0 Å². The number of furan rings is 2. The summed E-state index contributed by atoms with van der Waals surface area (Å²) in [6, 6.07) is 14.8. The zero-order chi connectivity index (χ0) is 18.8. The van der Waals surface area contributed by atoms with Crippen LogP contribution in [0.15, 0.2) is 63.6 Å². The van der Waals surface area contributed by atoms with Gasteiger partial charge in [0.15, 0.2) is 0 Å². The van der Waals surface area contributed by atoms with Crippen molar-refractivity contribution in [1.82, 2.24) is 4.90 Å². The number of hydrogen-bond donors (Lipinski definition) is 0. The number of nitrogens with zero attached hydrogens (tertiary/aromatic N) is 1. The molecule has 0 N–H and O–H groups in total. The van der Waals surface area contributed by atoms with E-state index in [4.69, 9.17) is 13.6 Å². The largest absolute Gasteiger partial charge is 0.497 e. The SMILES string of the molecule is COc1ccc(C(=O)N(Cc2ccco2)Cc2ccc(C3CC3C)o2)cc1. The second-order valence-electron chi connectivity index (χ2n) is 7.09. The molecule has 27 heavy (non-hydrogen) atoms. The maximum atomic E-state index is 13.1. The van der Waals surface area contributed by atoms with E-state index < -0.39 is 0 Å². The predicted octanol–water partition coefficient (Wildman–Crippen LogP) is 4.85. The van der Waals surface area contributed by atoms with Gasteiger partial charge in [0, 0.05) is 11.5 Å². The number of rotatable bonds is 7. The van der Waals surface area contributed by atoms with Gasteiger partial charge in [-0.3, -0.25) is 4.79 Å². The van der Waals surface area contributed by atoms with Crippen molar-refractivity contribution < 1.29 is 18.4 Å². The van der Waals surface area contributed by atoms with Crippen LogP contribution in [0, 0.1) is 5.92 Å². The van der Waals surface area contributed by atoms with Crippen LogP contribution < -0.4 is 4.74 Å². The quantitative estimate of drug-likeness (QED) is 0.601. The van der Waals surface area contributed by atoms with Crippen LogP contribution in [0.2, 0.25) is 0 Å². The van der Waals surface area contributed by atoms with Gasteiger partial charge in [-0.05, 0) is 60.9 Å². The number of methoxy groups -OCH3 is 1. The lowest BCUT2D eigenvalue weighted by molar-refractivity contribution is 0.0704. The van der Waals surface area contributed by atoms with Gasteiger partial charge >= 0.3 is 0 Å². The van der Waals surface area contributed by atoms with Crippen molar-refractivity contribution in [3.05, 3.63) is 77.6 Å². The Balaban J connectivity index is 1.54. The summed E-state index contributed by atoms with van der Waals surface area (Å²) >= 11 is 0. The molecule has 3 aromatic rings. The molecule has 1 aromatic carbocycles. The average molecular weight is 365 g/mol. The zero-order valence-electron chi connectivity index (χ0n) is 15.6. The summed E-state index contributed by atoms with van der Waals surface area (Å²) in [6.07, 6.45) is 2.79. The first-order chi connectivity index (χ1) is 13.1. The summed E-state index contributed by atoms with van der Waals surface area (Å²) in [4.78, 5) is 14.8. The Kier molecular flexibility index (Phi) is 4.75. The maximum absolute atomic E-state index is 13.1. The van der Waals surface area contributed by atoms with Crippen molar-refractivity contribution in [3.63, 3.8) is 0 Å². The Hall–Kier alpha value is -2.95. The van der Waals surface area contributed by atoms with Crippen LogP contribution in [0.5, 0.6) is 5.75 Å². The monoisotopic (exact) mass is 365 g/mol. The highest BCUT2D eigenvalue weighted by Gasteiger charge is 2.36. The molecule has 140 valence electrons. The fraction of sp³-hybridized carbons (Fsp3) is 0.318. The highest BCUT2D eigenvalue weighted by atomic mass is 16.5. The third kappa shape index (κ3) is 3.92. The van der Waals surface area contributed by atoms with Crippen LogP contribution in [0.25, 0.3) is 0 Å². The van der Waals surface area contributed by atoms with E-state index in [2.05, 4.69) is 6.92 Å². The van der Waals surface area contributed by atoms with E-state index in [1.807, 2.05) is 24.3 Å². The fourth-order valence-corrected chi connectivity index (χ4v) is 3.29. The van der Waals surface area contributed by atoms with E-state index in [0.717, 1.165) is 23.0 Å². The second-order valence-corrected chi connectivity index (χ2v) is 7.09.